The molecular weight excluding hydrogens is 265 g/mol. The third-order valence-electron chi connectivity index (χ3n) is 2.88. The van der Waals surface area contributed by atoms with E-state index < -0.39 is 17.9 Å². The van der Waals surface area contributed by atoms with Crippen LogP contribution >= 0.6 is 0 Å². The van der Waals surface area contributed by atoms with Gasteiger partial charge in [-0.2, -0.15) is 0 Å². The first-order chi connectivity index (χ1) is 9.40. The number of imide groups is 1. The Morgan fingerprint density at radius 1 is 1.35 bits per heavy atom. The van der Waals surface area contributed by atoms with E-state index >= 15 is 0 Å². The van der Waals surface area contributed by atoms with E-state index in [0.29, 0.717) is 5.56 Å². The number of carbonyl (C=O) groups excluding carboxylic acids is 2. The Balaban J connectivity index is 2.91. The van der Waals surface area contributed by atoms with Gasteiger partial charge in [0, 0.05) is 21.2 Å². The molecule has 4 amide bonds. The van der Waals surface area contributed by atoms with Crippen molar-refractivity contribution in [2.75, 3.05) is 26.5 Å². The smallest absolute Gasteiger partial charge is 0.329 e. The van der Waals surface area contributed by atoms with E-state index in [1.54, 1.807) is 13.0 Å². The van der Waals surface area contributed by atoms with Crippen molar-refractivity contribution in [3.8, 4) is 0 Å². The van der Waals surface area contributed by atoms with E-state index in [4.69, 9.17) is 4.74 Å². The molecule has 2 N–H and O–H groups in total. The zero-order valence-corrected chi connectivity index (χ0v) is 11.9. The van der Waals surface area contributed by atoms with Crippen molar-refractivity contribution >= 4 is 17.7 Å². The van der Waals surface area contributed by atoms with Gasteiger partial charge in [0.05, 0.1) is 11.8 Å². The first-order valence-corrected chi connectivity index (χ1v) is 5.99. The van der Waals surface area contributed by atoms with Gasteiger partial charge in [-0.15, -0.1) is 0 Å². The van der Waals surface area contributed by atoms with Gasteiger partial charge in [-0.3, -0.25) is 0 Å². The number of halogens is 1. The number of nitrogens with one attached hydrogen (secondary N) is 2. The highest BCUT2D eigenvalue weighted by molar-refractivity contribution is 6.00. The van der Waals surface area contributed by atoms with Crippen LogP contribution in [0.5, 0.6) is 0 Å². The minimum atomic E-state index is -0.731. The van der Waals surface area contributed by atoms with Crippen LogP contribution in [0.1, 0.15) is 18.6 Å². The summed E-state index contributed by atoms with van der Waals surface area (Å²) in [6, 6.07) is 2.95. The van der Waals surface area contributed by atoms with Gasteiger partial charge in [0.15, 0.2) is 0 Å². The largest absolute Gasteiger partial charge is 0.377 e. The molecule has 0 bridgehead atoms. The minimum absolute atomic E-state index is 0.00727. The maximum atomic E-state index is 13.7. The molecule has 1 rings (SSSR count). The summed E-state index contributed by atoms with van der Waals surface area (Å²) >= 11 is 0. The van der Waals surface area contributed by atoms with E-state index in [2.05, 4.69) is 10.6 Å². The average molecular weight is 283 g/mol. The van der Waals surface area contributed by atoms with Gasteiger partial charge in [0.2, 0.25) is 0 Å². The second kappa shape index (κ2) is 6.85. The molecule has 6 nitrogen and oxygen atoms in total. The topological polar surface area (TPSA) is 70.7 Å². The molecule has 0 heterocycles. The molecule has 0 spiro atoms. The van der Waals surface area contributed by atoms with Crippen molar-refractivity contribution in [2.45, 2.75) is 13.0 Å². The summed E-state index contributed by atoms with van der Waals surface area (Å²) in [4.78, 5) is 23.9. The molecule has 0 aliphatic rings. The number of nitrogens with zero attached hydrogens (tertiary/aromatic N) is 1. The lowest BCUT2D eigenvalue weighted by Crippen LogP contribution is -2.41. The van der Waals surface area contributed by atoms with Crippen LogP contribution in [0.25, 0.3) is 0 Å². The van der Waals surface area contributed by atoms with Crippen LogP contribution in [0.2, 0.25) is 0 Å². The number of urea groups is 2. The quantitative estimate of drug-likeness (QED) is 0.894. The number of amides is 4. The molecule has 0 aliphatic heterocycles. The highest BCUT2D eigenvalue weighted by atomic mass is 19.1. The van der Waals surface area contributed by atoms with Gasteiger partial charge in [-0.25, -0.2) is 18.9 Å². The third kappa shape index (κ3) is 3.67. The molecule has 110 valence electrons. The van der Waals surface area contributed by atoms with Crippen molar-refractivity contribution in [2.24, 2.45) is 0 Å². The lowest BCUT2D eigenvalue weighted by Gasteiger charge is -2.17. The summed E-state index contributed by atoms with van der Waals surface area (Å²) in [7, 11) is 4.22. The summed E-state index contributed by atoms with van der Waals surface area (Å²) in [5.41, 5.74) is 0.707. The Labute approximate surface area is 116 Å². The van der Waals surface area contributed by atoms with Crippen LogP contribution in [-0.4, -0.2) is 38.2 Å². The molecule has 20 heavy (non-hydrogen) atoms. The Morgan fingerprint density at radius 3 is 2.55 bits per heavy atom. The average Bonchev–Trinajstić information content (AvgIpc) is 2.46. The van der Waals surface area contributed by atoms with Crippen molar-refractivity contribution in [1.29, 1.82) is 0 Å². The van der Waals surface area contributed by atoms with Crippen LogP contribution in [0, 0.1) is 5.82 Å². The van der Waals surface area contributed by atoms with E-state index in [1.165, 1.54) is 33.3 Å². The van der Waals surface area contributed by atoms with E-state index in [9.17, 15) is 14.0 Å². The number of methoxy groups -OCH3 is 1. The molecule has 0 aliphatic carbocycles. The predicted molar refractivity (Wildman–Crippen MR) is 73.1 cm³/mol. The fourth-order valence-corrected chi connectivity index (χ4v) is 1.49. The van der Waals surface area contributed by atoms with E-state index in [1.807, 2.05) is 0 Å². The molecule has 1 aromatic carbocycles. The first-order valence-electron chi connectivity index (χ1n) is 5.99. The molecule has 0 aromatic heterocycles. The normalized spacial score (nSPS) is 11.7. The molecule has 0 radical (unpaired) electrons. The first kappa shape index (κ1) is 15.9. The molecule has 1 aromatic rings. The van der Waals surface area contributed by atoms with Gasteiger partial charge >= 0.3 is 12.1 Å². The third-order valence-corrected chi connectivity index (χ3v) is 2.88. The molecule has 0 saturated heterocycles. The zero-order valence-electron chi connectivity index (χ0n) is 11.9. The highest BCUT2D eigenvalue weighted by Crippen LogP contribution is 2.22. The number of rotatable bonds is 3. The maximum Gasteiger partial charge on any atom is 0.329 e. The molecule has 0 fully saturated rings. The number of ether oxygens (including phenoxy) is 1. The van der Waals surface area contributed by atoms with Crippen molar-refractivity contribution in [3.63, 3.8) is 0 Å². The standard InChI is InChI=1S/C13H18FN3O3/c1-8(20-4)9-5-6-10(14)11(7-9)16-13(19)17(3)12(18)15-2/h5-8H,1-4H3,(H,15,18)(H,16,19). The van der Waals surface area contributed by atoms with Crippen molar-refractivity contribution in [1.82, 2.24) is 10.2 Å². The van der Waals surface area contributed by atoms with Crippen LogP contribution in [-0.2, 0) is 4.74 Å². The van der Waals surface area contributed by atoms with Gasteiger partial charge in [-0.1, -0.05) is 6.07 Å². The monoisotopic (exact) mass is 283 g/mol. The Morgan fingerprint density at radius 2 is 2.00 bits per heavy atom. The summed E-state index contributed by atoms with van der Waals surface area (Å²) in [6.07, 6.45) is -0.233. The maximum absolute atomic E-state index is 13.7. The van der Waals surface area contributed by atoms with Crippen molar-refractivity contribution < 1.29 is 18.7 Å². The summed E-state index contributed by atoms with van der Waals surface area (Å²) in [5, 5.41) is 4.64. The molecule has 7 heteroatoms. The van der Waals surface area contributed by atoms with Gasteiger partial charge < -0.3 is 15.4 Å². The zero-order chi connectivity index (χ0) is 15.3. The molecule has 0 saturated carbocycles. The van der Waals surface area contributed by atoms with Gasteiger partial charge in [0.1, 0.15) is 5.82 Å². The highest BCUT2D eigenvalue weighted by Gasteiger charge is 2.17. The van der Waals surface area contributed by atoms with Gasteiger partial charge in [-0.05, 0) is 24.6 Å². The van der Waals surface area contributed by atoms with Crippen LogP contribution in [0.3, 0.4) is 0 Å². The number of hydrogen-bond donors (Lipinski definition) is 2. The second-order valence-corrected chi connectivity index (χ2v) is 4.16. The van der Waals surface area contributed by atoms with Crippen molar-refractivity contribution in [3.05, 3.63) is 29.6 Å². The number of benzene rings is 1. The lowest BCUT2D eigenvalue weighted by atomic mass is 10.1. The van der Waals surface area contributed by atoms with E-state index in [-0.39, 0.29) is 11.8 Å². The summed E-state index contributed by atoms with van der Waals surface area (Å²) < 4.78 is 18.8. The SMILES string of the molecule is CNC(=O)N(C)C(=O)Nc1cc(C(C)OC)ccc1F. The summed E-state index contributed by atoms with van der Waals surface area (Å²) in [6.45, 7) is 1.80. The molecule has 1 atom stereocenters. The number of hydrogen-bond acceptors (Lipinski definition) is 3. The molecular formula is C13H18FN3O3. The Kier molecular flexibility index (Phi) is 5.45. The molecule has 1 unspecified atom stereocenters. The second-order valence-electron chi connectivity index (χ2n) is 4.16. The predicted octanol–water partition coefficient (Wildman–Crippen LogP) is 2.34. The number of anilines is 1. The fourth-order valence-electron chi connectivity index (χ4n) is 1.49. The summed E-state index contributed by atoms with van der Waals surface area (Å²) in [5.74, 6) is -0.587. The van der Waals surface area contributed by atoms with E-state index in [0.717, 1.165) is 4.90 Å². The Bertz CT molecular complexity index is 508. The van der Waals surface area contributed by atoms with Crippen LogP contribution in [0.15, 0.2) is 18.2 Å². The fraction of sp³-hybridized carbons (Fsp3) is 0.385. The number of carbonyl (C=O) groups is 2. The van der Waals surface area contributed by atoms with Gasteiger partial charge in [0.25, 0.3) is 0 Å². The Hall–Kier alpha value is -2.15. The van der Waals surface area contributed by atoms with Crippen LogP contribution < -0.4 is 10.6 Å². The lowest BCUT2D eigenvalue weighted by molar-refractivity contribution is 0.119. The minimum Gasteiger partial charge on any atom is -0.377 e. The van der Waals surface area contributed by atoms with Crippen LogP contribution in [0.4, 0.5) is 19.7 Å².